The van der Waals surface area contributed by atoms with Crippen molar-refractivity contribution < 1.29 is 9.47 Å². The van der Waals surface area contributed by atoms with Gasteiger partial charge in [0, 0.05) is 0 Å². The Labute approximate surface area is 760 Å². The fourth-order valence-electron chi connectivity index (χ4n) is 19.8. The highest BCUT2D eigenvalue weighted by Crippen LogP contribution is 2.62. The summed E-state index contributed by atoms with van der Waals surface area (Å²) < 4.78 is 13.4. The number of benzene rings is 21. The normalized spacial score (nSPS) is 12.2. The van der Waals surface area contributed by atoms with Gasteiger partial charge in [0.15, 0.2) is 11.5 Å². The highest BCUT2D eigenvalue weighted by molar-refractivity contribution is 5.99. The summed E-state index contributed by atoms with van der Waals surface area (Å²) in [4.78, 5) is 0. The Morgan fingerprint density at radius 1 is 0.131 bits per heavy atom. The van der Waals surface area contributed by atoms with E-state index in [2.05, 4.69) is 510 Å². The first-order valence-corrected chi connectivity index (χ1v) is 44.8. The summed E-state index contributed by atoms with van der Waals surface area (Å²) in [6, 6.07) is 189. The van der Waals surface area contributed by atoms with Crippen LogP contribution in [0.4, 0.5) is 0 Å². The molecule has 21 aromatic carbocycles. The van der Waals surface area contributed by atoms with Crippen LogP contribution in [0, 0.1) is 0 Å². The predicted octanol–water partition coefficient (Wildman–Crippen LogP) is 34.1. The molecule has 2 aliphatic rings. The highest BCUT2D eigenvalue weighted by atomic mass is 16.7. The first kappa shape index (κ1) is 78.0. The predicted molar refractivity (Wildman–Crippen MR) is 542 cm³/mol. The van der Waals surface area contributed by atoms with Gasteiger partial charge in [-0.25, -0.2) is 0 Å². The lowest BCUT2D eigenvalue weighted by Gasteiger charge is -2.36. The monoisotopic (exact) mass is 1650 g/mol. The van der Waals surface area contributed by atoms with Gasteiger partial charge in [-0.05, 0) is 368 Å². The van der Waals surface area contributed by atoms with E-state index >= 15 is 0 Å². The van der Waals surface area contributed by atoms with Crippen molar-refractivity contribution >= 4 is 0 Å². The molecular weight excluding hydrogens is 1570 g/mol. The lowest BCUT2D eigenvalue weighted by atomic mass is 9.66. The van der Waals surface area contributed by atoms with Crippen molar-refractivity contribution in [1.82, 2.24) is 0 Å². The second-order valence-corrected chi connectivity index (χ2v) is 34.1. The molecule has 0 saturated carbocycles. The summed E-state index contributed by atoms with van der Waals surface area (Å²) >= 11 is 0. The van der Waals surface area contributed by atoms with Crippen LogP contribution in [0.1, 0.15) is 22.3 Å². The first-order chi connectivity index (χ1) is 64.3. The molecule has 23 rings (SSSR count). The van der Waals surface area contributed by atoms with Crippen LogP contribution in [-0.2, 0) is 5.41 Å². The van der Waals surface area contributed by atoms with Crippen molar-refractivity contribution in [3.63, 3.8) is 0 Å². The van der Waals surface area contributed by atoms with E-state index in [1.165, 1.54) is 0 Å². The maximum atomic E-state index is 6.77. The summed E-state index contributed by atoms with van der Waals surface area (Å²) in [5.41, 5.74) is 43.6. The SMILES string of the molecule is c1ccc(-c2cc(-c3ccccc3)cc(-c3cccc(-c4cc(-c5cccc(-c6cc(-c7ccccc7)cc(-c7ccccc7)c6)c5)cc(C5(c6cc(-c7cccc(-c8cc(-c9ccccc9)cc(-c9ccccc9)c8)c7)cc(-c7cccc(-c8cc(-c9ccccc9)cc(-c9ccccc9)c8)c7)c6)c6cc7c(cc6-c6c(-c8ccccc8)cccc65)OCO7)c4)c3)c2)cc1. The van der Waals surface area contributed by atoms with Gasteiger partial charge in [0.05, 0.1) is 5.41 Å². The van der Waals surface area contributed by atoms with Gasteiger partial charge in [-0.3, -0.25) is 0 Å². The molecule has 0 fully saturated rings. The number of hydrogen-bond donors (Lipinski definition) is 0. The number of hydrogen-bond acceptors (Lipinski definition) is 2. The van der Waals surface area contributed by atoms with Gasteiger partial charge in [0.25, 0.3) is 0 Å². The third-order valence-electron chi connectivity index (χ3n) is 26.2. The van der Waals surface area contributed by atoms with Crippen molar-refractivity contribution in [2.75, 3.05) is 6.79 Å². The van der Waals surface area contributed by atoms with Crippen LogP contribution < -0.4 is 9.47 Å². The van der Waals surface area contributed by atoms with Gasteiger partial charge in [0.2, 0.25) is 6.79 Å². The third-order valence-corrected chi connectivity index (χ3v) is 26.2. The Morgan fingerprint density at radius 2 is 0.315 bits per heavy atom. The minimum atomic E-state index is -1.12. The third kappa shape index (κ3) is 15.1. The van der Waals surface area contributed by atoms with Gasteiger partial charge >= 0.3 is 0 Å². The van der Waals surface area contributed by atoms with E-state index in [1.807, 2.05) is 0 Å². The van der Waals surface area contributed by atoms with Crippen molar-refractivity contribution in [3.8, 4) is 212 Å². The molecule has 130 heavy (non-hydrogen) atoms. The maximum absolute atomic E-state index is 6.77. The molecule has 0 radical (unpaired) electrons. The van der Waals surface area contributed by atoms with E-state index in [9.17, 15) is 0 Å². The summed E-state index contributed by atoms with van der Waals surface area (Å²) in [6.07, 6.45) is 0. The zero-order chi connectivity index (χ0) is 86.3. The van der Waals surface area contributed by atoms with Gasteiger partial charge in [-0.15, -0.1) is 0 Å². The Kier molecular flexibility index (Phi) is 20.4. The minimum absolute atomic E-state index is 0.0986. The molecule has 1 aliphatic heterocycles. The number of ether oxygens (including phenoxy) is 2. The Hall–Kier alpha value is -16.8. The molecule has 0 spiro atoms. The lowest BCUT2D eigenvalue weighted by Crippen LogP contribution is -2.29. The van der Waals surface area contributed by atoms with E-state index in [1.54, 1.807) is 0 Å². The van der Waals surface area contributed by atoms with E-state index in [0.29, 0.717) is 11.5 Å². The summed E-state index contributed by atoms with van der Waals surface area (Å²) in [5, 5.41) is 0. The lowest BCUT2D eigenvalue weighted by molar-refractivity contribution is 0.174. The van der Waals surface area contributed by atoms with Crippen molar-refractivity contribution in [1.29, 1.82) is 0 Å². The van der Waals surface area contributed by atoms with Gasteiger partial charge in [-0.1, -0.05) is 364 Å². The largest absolute Gasteiger partial charge is 0.454 e. The van der Waals surface area contributed by atoms with Crippen molar-refractivity contribution in [3.05, 3.63) is 532 Å². The van der Waals surface area contributed by atoms with Gasteiger partial charge < -0.3 is 9.47 Å². The number of rotatable bonds is 19. The van der Waals surface area contributed by atoms with Crippen LogP contribution in [0.5, 0.6) is 11.5 Å². The minimum Gasteiger partial charge on any atom is -0.454 e. The second kappa shape index (κ2) is 33.9. The molecule has 2 nitrogen and oxygen atoms in total. The van der Waals surface area contributed by atoms with E-state index in [-0.39, 0.29) is 6.79 Å². The van der Waals surface area contributed by atoms with Crippen LogP contribution in [0.25, 0.3) is 200 Å². The van der Waals surface area contributed by atoms with Crippen molar-refractivity contribution in [2.45, 2.75) is 5.41 Å². The molecule has 0 atom stereocenters. The maximum Gasteiger partial charge on any atom is 0.231 e. The Bertz CT molecular complexity index is 6810. The molecule has 2 heteroatoms. The summed E-state index contributed by atoms with van der Waals surface area (Å²) in [7, 11) is 0. The molecule has 1 aliphatic carbocycles. The van der Waals surface area contributed by atoms with Crippen molar-refractivity contribution in [2.24, 2.45) is 0 Å². The van der Waals surface area contributed by atoms with E-state index < -0.39 is 5.41 Å². The van der Waals surface area contributed by atoms with Crippen LogP contribution in [0.15, 0.2) is 510 Å². The molecule has 0 amide bonds. The first-order valence-electron chi connectivity index (χ1n) is 44.8. The standard InChI is InChI=1S/C128H86O2/c1-10-33-86(34-11-1)103-65-104(87-35-12-2-13-36-87)70-111(69-103)95-51-28-55-99(61-95)115-77-116(100-56-29-52-96(62-100)112-71-105(88-37-14-3-15-38-88)66-106(72-112)89-39-16-4-17-40-89)80-119(79-115)128(123-60-32-59-121(94-49-26-9-27-50-94)127(123)122-83-125-126(84-124(122)128)130-85-129-125)120-81-117(101-57-30-53-97(63-101)113-73-107(90-41-18-5-19-42-90)67-108(74-113)91-43-20-6-21-44-91)78-118(82-120)102-58-31-54-98(64-102)114-75-109(92-45-22-7-23-46-92)68-110(76-114)93-47-24-8-25-48-93/h1-84H,85H2. The summed E-state index contributed by atoms with van der Waals surface area (Å²) in [6.45, 7) is 0.0986. The molecule has 0 bridgehead atoms. The van der Waals surface area contributed by atoms with Gasteiger partial charge in [-0.2, -0.15) is 0 Å². The molecule has 0 aromatic heterocycles. The van der Waals surface area contributed by atoms with E-state index in [0.717, 1.165) is 223 Å². The molecule has 0 saturated heterocycles. The fourth-order valence-corrected chi connectivity index (χ4v) is 19.8. The van der Waals surface area contributed by atoms with Crippen LogP contribution in [0.3, 0.4) is 0 Å². The average Bonchev–Trinajstić information content (AvgIpc) is 1.56. The molecule has 21 aromatic rings. The quantitative estimate of drug-likeness (QED) is 0.0803. The molecular formula is C128H86O2. The summed E-state index contributed by atoms with van der Waals surface area (Å²) in [5.74, 6) is 1.41. The molecule has 610 valence electrons. The average molecular weight is 1660 g/mol. The molecule has 0 N–H and O–H groups in total. The zero-order valence-corrected chi connectivity index (χ0v) is 71.5. The van der Waals surface area contributed by atoms with E-state index in [4.69, 9.17) is 9.47 Å². The smallest absolute Gasteiger partial charge is 0.231 e. The van der Waals surface area contributed by atoms with Crippen LogP contribution in [0.2, 0.25) is 0 Å². The molecule has 1 heterocycles. The van der Waals surface area contributed by atoms with Crippen LogP contribution in [-0.4, -0.2) is 6.79 Å². The Morgan fingerprint density at radius 3 is 0.554 bits per heavy atom. The Balaban J connectivity index is 0.808. The zero-order valence-electron chi connectivity index (χ0n) is 71.5. The van der Waals surface area contributed by atoms with Crippen LogP contribution >= 0.6 is 0 Å². The second-order valence-electron chi connectivity index (χ2n) is 34.1. The molecule has 0 unspecified atom stereocenters. The highest BCUT2D eigenvalue weighted by Gasteiger charge is 2.49. The van der Waals surface area contributed by atoms with Gasteiger partial charge in [0.1, 0.15) is 0 Å². The topological polar surface area (TPSA) is 18.5 Å². The number of fused-ring (bicyclic) bond motifs is 4. The fraction of sp³-hybridized carbons (Fsp3) is 0.0156.